The largest absolute Gasteiger partial charge is 0.494 e. The van der Waals surface area contributed by atoms with E-state index in [0.717, 1.165) is 5.46 Å². The van der Waals surface area contributed by atoms with Crippen LogP contribution >= 0.6 is 0 Å². The predicted molar refractivity (Wildman–Crippen MR) is 122 cm³/mol. The highest BCUT2D eigenvalue weighted by molar-refractivity contribution is 7.04. The predicted octanol–water partition coefficient (Wildman–Crippen LogP) is 3.94. The van der Waals surface area contributed by atoms with Gasteiger partial charge in [-0.15, -0.1) is 0 Å². The summed E-state index contributed by atoms with van der Waals surface area (Å²) in [5, 5.41) is 5.70. The maximum absolute atomic E-state index is 6.32. The molecule has 0 aromatic heterocycles. The Kier molecular flexibility index (Phi) is 3.63. The van der Waals surface area contributed by atoms with E-state index in [2.05, 4.69) is 95.4 Å². The Labute approximate surface area is 169 Å². The van der Waals surface area contributed by atoms with Gasteiger partial charge in [-0.3, -0.25) is 0 Å². The zero-order chi connectivity index (χ0) is 19.9. The SMILES string of the molecule is CC1(C)OB(c2ccc3c(c2)[Si](C)(C)c2ccc4ccccc4c2-3)OC1(C)C. The van der Waals surface area contributed by atoms with Crippen LogP contribution in [0.15, 0.2) is 54.6 Å². The van der Waals surface area contributed by atoms with E-state index in [4.69, 9.17) is 9.31 Å². The summed E-state index contributed by atoms with van der Waals surface area (Å²) in [6.07, 6.45) is 0. The normalized spacial score (nSPS) is 21.0. The summed E-state index contributed by atoms with van der Waals surface area (Å²) in [5.74, 6) is 0. The van der Waals surface area contributed by atoms with Crippen LogP contribution in [0.4, 0.5) is 0 Å². The number of benzene rings is 3. The highest BCUT2D eigenvalue weighted by atomic mass is 28.3. The topological polar surface area (TPSA) is 18.5 Å². The third-order valence-corrected chi connectivity index (χ3v) is 10.6. The molecule has 2 aliphatic rings. The van der Waals surface area contributed by atoms with Crippen molar-refractivity contribution in [2.45, 2.75) is 52.0 Å². The van der Waals surface area contributed by atoms with Crippen molar-refractivity contribution in [3.63, 3.8) is 0 Å². The van der Waals surface area contributed by atoms with Gasteiger partial charge in [0.15, 0.2) is 0 Å². The van der Waals surface area contributed by atoms with E-state index in [1.54, 1.807) is 0 Å². The molecule has 0 amide bonds. The fourth-order valence-corrected chi connectivity index (χ4v) is 7.74. The molecular weight excluding hydrogens is 359 g/mol. The van der Waals surface area contributed by atoms with Crippen LogP contribution in [-0.2, 0) is 9.31 Å². The van der Waals surface area contributed by atoms with Crippen molar-refractivity contribution in [1.29, 1.82) is 0 Å². The van der Waals surface area contributed by atoms with Crippen molar-refractivity contribution in [3.8, 4) is 11.1 Å². The van der Waals surface area contributed by atoms with Gasteiger partial charge in [0, 0.05) is 0 Å². The van der Waals surface area contributed by atoms with Crippen LogP contribution in [0, 0.1) is 0 Å². The molecule has 0 aliphatic carbocycles. The number of fused-ring (bicyclic) bond motifs is 5. The summed E-state index contributed by atoms with van der Waals surface area (Å²) in [5.41, 5.74) is 3.33. The molecule has 28 heavy (non-hydrogen) atoms. The summed E-state index contributed by atoms with van der Waals surface area (Å²) < 4.78 is 12.6. The lowest BCUT2D eigenvalue weighted by molar-refractivity contribution is 0.00578. The lowest BCUT2D eigenvalue weighted by Gasteiger charge is -2.32. The summed E-state index contributed by atoms with van der Waals surface area (Å²) in [7, 11) is -2.07. The molecule has 1 fully saturated rings. The zero-order valence-electron chi connectivity index (χ0n) is 17.6. The van der Waals surface area contributed by atoms with E-state index in [0.29, 0.717) is 0 Å². The molecule has 0 bridgehead atoms. The van der Waals surface area contributed by atoms with Gasteiger partial charge in [0.05, 0.1) is 11.2 Å². The highest BCUT2D eigenvalue weighted by Crippen LogP contribution is 2.37. The second kappa shape index (κ2) is 5.59. The minimum atomic E-state index is -1.76. The van der Waals surface area contributed by atoms with Crippen LogP contribution in [0.5, 0.6) is 0 Å². The van der Waals surface area contributed by atoms with Crippen LogP contribution in [0.25, 0.3) is 21.9 Å². The fraction of sp³-hybridized carbons (Fsp3) is 0.333. The summed E-state index contributed by atoms with van der Waals surface area (Å²) in [6.45, 7) is 13.4. The van der Waals surface area contributed by atoms with E-state index >= 15 is 0 Å². The first-order valence-corrected chi connectivity index (χ1v) is 13.1. The molecule has 0 radical (unpaired) electrons. The lowest BCUT2D eigenvalue weighted by atomic mass is 9.78. The van der Waals surface area contributed by atoms with E-state index in [9.17, 15) is 0 Å². The Hall–Kier alpha value is -1.88. The van der Waals surface area contributed by atoms with Gasteiger partial charge >= 0.3 is 7.12 Å². The zero-order valence-corrected chi connectivity index (χ0v) is 18.6. The molecule has 4 heteroatoms. The van der Waals surface area contributed by atoms with Gasteiger partial charge in [-0.1, -0.05) is 67.7 Å². The van der Waals surface area contributed by atoms with Crippen molar-refractivity contribution >= 4 is 41.8 Å². The highest BCUT2D eigenvalue weighted by Gasteiger charge is 2.52. The summed E-state index contributed by atoms with van der Waals surface area (Å²) in [6, 6.07) is 20.2. The van der Waals surface area contributed by atoms with Crippen LogP contribution in [0.2, 0.25) is 13.1 Å². The molecule has 5 rings (SSSR count). The van der Waals surface area contributed by atoms with Gasteiger partial charge in [0.1, 0.15) is 8.07 Å². The van der Waals surface area contributed by atoms with E-state index < -0.39 is 8.07 Å². The van der Waals surface area contributed by atoms with Gasteiger partial charge in [-0.05, 0) is 65.4 Å². The summed E-state index contributed by atoms with van der Waals surface area (Å²) in [4.78, 5) is 0. The third kappa shape index (κ3) is 2.35. The number of hydrogen-bond donors (Lipinski definition) is 0. The minimum Gasteiger partial charge on any atom is -0.399 e. The van der Waals surface area contributed by atoms with Gasteiger partial charge in [0.2, 0.25) is 0 Å². The van der Waals surface area contributed by atoms with Crippen molar-refractivity contribution in [1.82, 2.24) is 0 Å². The fourth-order valence-electron chi connectivity index (χ4n) is 4.65. The molecule has 2 nitrogen and oxygen atoms in total. The van der Waals surface area contributed by atoms with Gasteiger partial charge < -0.3 is 9.31 Å². The lowest BCUT2D eigenvalue weighted by Crippen LogP contribution is -2.51. The molecule has 142 valence electrons. The number of hydrogen-bond acceptors (Lipinski definition) is 2. The smallest absolute Gasteiger partial charge is 0.399 e. The second-order valence-corrected chi connectivity index (χ2v) is 14.1. The van der Waals surface area contributed by atoms with E-state index in [1.807, 2.05) is 0 Å². The average molecular weight is 386 g/mol. The second-order valence-electron chi connectivity index (χ2n) is 9.73. The van der Waals surface area contributed by atoms with Crippen molar-refractivity contribution in [3.05, 3.63) is 54.6 Å². The average Bonchev–Trinajstić information content (AvgIpc) is 3.01. The van der Waals surface area contributed by atoms with Crippen molar-refractivity contribution in [2.75, 3.05) is 0 Å². The monoisotopic (exact) mass is 386 g/mol. The maximum atomic E-state index is 6.32. The molecule has 3 aromatic rings. The Morgan fingerprint density at radius 2 is 1.46 bits per heavy atom. The molecule has 0 unspecified atom stereocenters. The van der Waals surface area contributed by atoms with Crippen LogP contribution in [0.1, 0.15) is 27.7 Å². The van der Waals surface area contributed by atoms with Gasteiger partial charge in [-0.2, -0.15) is 0 Å². The Balaban J connectivity index is 1.67. The third-order valence-electron chi connectivity index (χ3n) is 7.11. The summed E-state index contributed by atoms with van der Waals surface area (Å²) >= 11 is 0. The quantitative estimate of drug-likeness (QED) is 0.590. The Bertz CT molecular complexity index is 1100. The molecule has 0 spiro atoms. The van der Waals surface area contributed by atoms with Crippen molar-refractivity contribution < 1.29 is 9.31 Å². The minimum absolute atomic E-state index is 0.305. The molecule has 1 saturated heterocycles. The van der Waals surface area contributed by atoms with Gasteiger partial charge in [-0.25, -0.2) is 0 Å². The van der Waals surface area contributed by atoms with E-state index in [1.165, 1.54) is 32.3 Å². The van der Waals surface area contributed by atoms with E-state index in [-0.39, 0.29) is 18.3 Å². The Morgan fingerprint density at radius 1 is 0.786 bits per heavy atom. The first kappa shape index (κ1) is 18.2. The first-order chi connectivity index (χ1) is 13.1. The van der Waals surface area contributed by atoms with Crippen molar-refractivity contribution in [2.24, 2.45) is 0 Å². The van der Waals surface area contributed by atoms with Crippen LogP contribution in [-0.4, -0.2) is 26.4 Å². The maximum Gasteiger partial charge on any atom is 0.494 e. The van der Waals surface area contributed by atoms with Crippen LogP contribution < -0.4 is 15.8 Å². The first-order valence-electron chi connectivity index (χ1n) is 10.1. The molecule has 2 heterocycles. The number of rotatable bonds is 1. The molecule has 0 N–H and O–H groups in total. The van der Waals surface area contributed by atoms with Gasteiger partial charge in [0.25, 0.3) is 0 Å². The Morgan fingerprint density at radius 3 is 2.18 bits per heavy atom. The molecule has 0 atom stereocenters. The van der Waals surface area contributed by atoms with Crippen LogP contribution in [0.3, 0.4) is 0 Å². The molecule has 2 aliphatic heterocycles. The standard InChI is InChI=1S/C24H27BO2Si/c1-23(2)24(3,4)27-25(26-23)17-12-13-19-21(15-17)28(5,6)20-14-11-16-9-7-8-10-18(16)22(19)20/h7-15H,1-6H3. The molecule has 3 aromatic carbocycles. The molecular formula is C24H27BO2Si. The molecule has 0 saturated carbocycles.